The molecule has 0 radical (unpaired) electrons. The number of fused-ring (bicyclic) bond motifs is 1. The molecule has 0 unspecified atom stereocenters. The monoisotopic (exact) mass is 461 g/mol. The minimum Gasteiger partial charge on any atom is -0.290 e. The number of aromatic nitrogens is 3. The number of hydrogen-bond donors (Lipinski definition) is 1. The van der Waals surface area contributed by atoms with Crippen molar-refractivity contribution in [3.05, 3.63) is 79.4 Å². The molecule has 0 amide bonds. The Balaban J connectivity index is 2.00. The summed E-state index contributed by atoms with van der Waals surface area (Å²) >= 11 is 8.22. The number of nitrogens with zero attached hydrogens (tertiary/aromatic N) is 2. The van der Waals surface area contributed by atoms with Gasteiger partial charge in [-0.15, -0.1) is 0 Å². The Labute approximate surface area is 162 Å². The van der Waals surface area contributed by atoms with E-state index in [2.05, 4.69) is 32.7 Å². The highest BCUT2D eigenvalue weighted by atomic mass is 127. The summed E-state index contributed by atoms with van der Waals surface area (Å²) in [4.78, 5) is 17.3. The molecule has 1 N–H and O–H groups in total. The second kappa shape index (κ2) is 6.31. The highest BCUT2D eigenvalue weighted by Crippen LogP contribution is 2.29. The summed E-state index contributed by atoms with van der Waals surface area (Å²) in [6, 6.07) is 15.3. The van der Waals surface area contributed by atoms with Crippen LogP contribution in [-0.2, 0) is 0 Å². The van der Waals surface area contributed by atoms with Crippen LogP contribution in [0.5, 0.6) is 0 Å². The Kier molecular flexibility index (Phi) is 4.13. The first-order chi connectivity index (χ1) is 12.0. The maximum Gasteiger partial charge on any atom is 0.280 e. The molecule has 0 saturated carbocycles. The highest BCUT2D eigenvalue weighted by molar-refractivity contribution is 14.1. The molecule has 4 aromatic rings. The van der Waals surface area contributed by atoms with Crippen LogP contribution in [0.15, 0.2) is 59.5 Å². The van der Waals surface area contributed by atoms with Crippen LogP contribution in [0.2, 0.25) is 5.02 Å². The van der Waals surface area contributed by atoms with E-state index in [1.807, 2.05) is 43.3 Å². The van der Waals surface area contributed by atoms with E-state index in [1.165, 1.54) is 4.68 Å². The van der Waals surface area contributed by atoms with E-state index in [4.69, 9.17) is 11.6 Å². The fraction of sp³-hybridized carbons (Fsp3) is 0.0526. The van der Waals surface area contributed by atoms with Gasteiger partial charge in [-0.3, -0.25) is 14.9 Å². The topological polar surface area (TPSA) is 50.7 Å². The van der Waals surface area contributed by atoms with Crippen molar-refractivity contribution in [2.24, 2.45) is 0 Å². The van der Waals surface area contributed by atoms with Gasteiger partial charge in [0.2, 0.25) is 0 Å². The van der Waals surface area contributed by atoms with Gasteiger partial charge in [0.25, 0.3) is 5.56 Å². The van der Waals surface area contributed by atoms with Crippen LogP contribution >= 0.6 is 34.2 Å². The summed E-state index contributed by atoms with van der Waals surface area (Å²) in [7, 11) is 0. The zero-order chi connectivity index (χ0) is 17.6. The molecule has 0 bridgehead atoms. The lowest BCUT2D eigenvalue weighted by atomic mass is 10.0. The van der Waals surface area contributed by atoms with Gasteiger partial charge in [0.05, 0.1) is 16.6 Å². The number of benzene rings is 2. The van der Waals surface area contributed by atoms with E-state index >= 15 is 0 Å². The van der Waals surface area contributed by atoms with E-state index < -0.39 is 0 Å². The quantitative estimate of drug-likeness (QED) is 0.430. The first-order valence-corrected chi connectivity index (χ1v) is 9.12. The number of rotatable bonds is 2. The van der Waals surface area contributed by atoms with Gasteiger partial charge in [0.15, 0.2) is 0 Å². The number of H-pyrrole nitrogens is 1. The molecule has 4 nitrogen and oxygen atoms in total. The summed E-state index contributed by atoms with van der Waals surface area (Å²) < 4.78 is 2.68. The largest absolute Gasteiger partial charge is 0.290 e. The van der Waals surface area contributed by atoms with Crippen molar-refractivity contribution < 1.29 is 0 Å². The van der Waals surface area contributed by atoms with Crippen LogP contribution in [-0.4, -0.2) is 14.8 Å². The SMILES string of the molecule is Cc1ncc2c(=O)n(-c3ccc(Cl)cc3)[nH]c2c1-c1ccc(I)cc1. The van der Waals surface area contributed by atoms with Gasteiger partial charge in [0, 0.05) is 26.0 Å². The Morgan fingerprint density at radius 1 is 1.08 bits per heavy atom. The highest BCUT2D eigenvalue weighted by Gasteiger charge is 2.15. The molecule has 0 aliphatic carbocycles. The first kappa shape index (κ1) is 16.4. The number of nitrogens with one attached hydrogen (secondary N) is 1. The van der Waals surface area contributed by atoms with Crippen molar-refractivity contribution in [2.45, 2.75) is 6.92 Å². The third-order valence-corrected chi connectivity index (χ3v) is 5.11. The lowest BCUT2D eigenvalue weighted by Gasteiger charge is -2.07. The summed E-state index contributed by atoms with van der Waals surface area (Å²) in [5, 5.41) is 4.43. The Morgan fingerprint density at radius 3 is 2.44 bits per heavy atom. The normalized spacial score (nSPS) is 11.2. The molecule has 6 heteroatoms. The molecule has 2 aromatic heterocycles. The lowest BCUT2D eigenvalue weighted by Crippen LogP contribution is -2.14. The average Bonchev–Trinajstić information content (AvgIpc) is 2.93. The molecular weight excluding hydrogens is 449 g/mol. The molecule has 0 atom stereocenters. The van der Waals surface area contributed by atoms with Gasteiger partial charge in [-0.1, -0.05) is 23.7 Å². The third-order valence-electron chi connectivity index (χ3n) is 4.14. The van der Waals surface area contributed by atoms with Gasteiger partial charge < -0.3 is 0 Å². The summed E-state index contributed by atoms with van der Waals surface area (Å²) in [6.45, 7) is 1.95. The zero-order valence-electron chi connectivity index (χ0n) is 13.3. The minimum absolute atomic E-state index is 0.128. The van der Waals surface area contributed by atoms with Crippen molar-refractivity contribution >= 4 is 45.1 Å². The molecule has 124 valence electrons. The van der Waals surface area contributed by atoms with E-state index in [0.717, 1.165) is 31.6 Å². The molecule has 2 aromatic carbocycles. The number of pyridine rings is 1. The molecule has 0 fully saturated rings. The summed E-state index contributed by atoms with van der Waals surface area (Å²) in [5.74, 6) is 0. The van der Waals surface area contributed by atoms with Gasteiger partial charge in [0.1, 0.15) is 0 Å². The fourth-order valence-corrected chi connectivity index (χ4v) is 3.39. The van der Waals surface area contributed by atoms with Gasteiger partial charge in [-0.2, -0.15) is 0 Å². The number of hydrogen-bond acceptors (Lipinski definition) is 2. The number of halogens is 2. The Hall–Kier alpha value is -2.12. The minimum atomic E-state index is -0.128. The molecule has 2 heterocycles. The predicted octanol–water partition coefficient (Wildman–Crippen LogP) is 4.95. The van der Waals surface area contributed by atoms with E-state index in [1.54, 1.807) is 18.3 Å². The first-order valence-electron chi connectivity index (χ1n) is 7.67. The zero-order valence-corrected chi connectivity index (χ0v) is 16.2. The van der Waals surface area contributed by atoms with E-state index in [0.29, 0.717) is 10.4 Å². The van der Waals surface area contributed by atoms with Crippen LogP contribution in [0.4, 0.5) is 0 Å². The van der Waals surface area contributed by atoms with Crippen LogP contribution in [0.25, 0.3) is 27.7 Å². The van der Waals surface area contributed by atoms with Crippen LogP contribution in [0.1, 0.15) is 5.69 Å². The maximum absolute atomic E-state index is 12.8. The predicted molar refractivity (Wildman–Crippen MR) is 110 cm³/mol. The second-order valence-corrected chi connectivity index (χ2v) is 7.43. The van der Waals surface area contributed by atoms with Crippen molar-refractivity contribution in [1.29, 1.82) is 0 Å². The van der Waals surface area contributed by atoms with Gasteiger partial charge >= 0.3 is 0 Å². The van der Waals surface area contributed by atoms with Crippen LogP contribution < -0.4 is 5.56 Å². The van der Waals surface area contributed by atoms with E-state index in [9.17, 15) is 4.79 Å². The summed E-state index contributed by atoms with van der Waals surface area (Å²) in [6.07, 6.45) is 1.63. The fourth-order valence-electron chi connectivity index (χ4n) is 2.91. The maximum atomic E-state index is 12.8. The van der Waals surface area contributed by atoms with E-state index in [-0.39, 0.29) is 5.56 Å². The molecule has 0 spiro atoms. The molecule has 4 rings (SSSR count). The Morgan fingerprint density at radius 2 is 1.76 bits per heavy atom. The van der Waals surface area contributed by atoms with Crippen molar-refractivity contribution in [3.63, 3.8) is 0 Å². The second-order valence-electron chi connectivity index (χ2n) is 5.74. The molecule has 0 aliphatic heterocycles. The smallest absolute Gasteiger partial charge is 0.280 e. The van der Waals surface area contributed by atoms with Crippen molar-refractivity contribution in [1.82, 2.24) is 14.8 Å². The number of aryl methyl sites for hydroxylation is 1. The molecular formula is C19H13ClIN3O. The molecule has 0 saturated heterocycles. The lowest BCUT2D eigenvalue weighted by molar-refractivity contribution is 0.864. The van der Waals surface area contributed by atoms with Gasteiger partial charge in [-0.25, -0.2) is 4.68 Å². The van der Waals surface area contributed by atoms with Crippen LogP contribution in [0.3, 0.4) is 0 Å². The molecule has 25 heavy (non-hydrogen) atoms. The molecule has 0 aliphatic rings. The third kappa shape index (κ3) is 2.87. The van der Waals surface area contributed by atoms with Crippen molar-refractivity contribution in [2.75, 3.05) is 0 Å². The Bertz CT molecular complexity index is 1130. The van der Waals surface area contributed by atoms with Gasteiger partial charge in [-0.05, 0) is 71.5 Å². The number of aromatic amines is 1. The summed E-state index contributed by atoms with van der Waals surface area (Å²) in [5.41, 5.74) is 4.24. The van der Waals surface area contributed by atoms with Crippen LogP contribution in [0, 0.1) is 10.5 Å². The average molecular weight is 462 g/mol. The standard InChI is InChI=1S/C19H13ClIN3O/c1-11-17(12-2-6-14(21)7-3-12)18-16(10-22-11)19(25)24(23-18)15-8-4-13(20)5-9-15/h2-10,23H,1H3. The van der Waals surface area contributed by atoms with Crippen molar-refractivity contribution in [3.8, 4) is 16.8 Å².